The number of carboxylic acid groups (broad SMARTS) is 1. The molecule has 0 spiro atoms. The third-order valence-electron chi connectivity index (χ3n) is 1.99. The topological polar surface area (TPSA) is 49.3 Å². The number of rotatable bonds is 6. The molecular weight excluding hydrogens is 249 g/mol. The molecule has 16 heavy (non-hydrogen) atoms. The molecule has 90 valence electrons. The van der Waals surface area contributed by atoms with Crippen molar-refractivity contribution in [3.8, 4) is 0 Å². The van der Waals surface area contributed by atoms with E-state index in [-0.39, 0.29) is 18.8 Å². The highest BCUT2D eigenvalue weighted by atomic mass is 35.5. The zero-order valence-corrected chi connectivity index (χ0v) is 10.4. The quantitative estimate of drug-likeness (QED) is 0.777. The number of carbonyl (C=O) groups is 1. The van der Waals surface area contributed by atoms with E-state index in [1.807, 2.05) is 24.3 Å². The molecule has 0 amide bonds. The minimum Gasteiger partial charge on any atom is -0.481 e. The first-order chi connectivity index (χ1) is 7.18. The number of carboxylic acids is 1. The lowest BCUT2D eigenvalue weighted by molar-refractivity contribution is -0.137. The molecular formula is C11H15Cl2NO2. The van der Waals surface area contributed by atoms with Gasteiger partial charge in [0.25, 0.3) is 0 Å². The van der Waals surface area contributed by atoms with E-state index in [1.54, 1.807) is 0 Å². The maximum Gasteiger partial charge on any atom is 0.303 e. The summed E-state index contributed by atoms with van der Waals surface area (Å²) in [6.45, 7) is 1.46. The van der Waals surface area contributed by atoms with Crippen LogP contribution in [0, 0.1) is 0 Å². The zero-order valence-electron chi connectivity index (χ0n) is 8.78. The van der Waals surface area contributed by atoms with Gasteiger partial charge in [0.1, 0.15) is 0 Å². The average Bonchev–Trinajstić information content (AvgIpc) is 2.20. The van der Waals surface area contributed by atoms with Gasteiger partial charge in [-0.25, -0.2) is 0 Å². The van der Waals surface area contributed by atoms with Crippen LogP contribution < -0.4 is 5.32 Å². The fourth-order valence-electron chi connectivity index (χ4n) is 1.20. The molecule has 0 aliphatic rings. The van der Waals surface area contributed by atoms with Gasteiger partial charge >= 0.3 is 5.97 Å². The van der Waals surface area contributed by atoms with Crippen molar-refractivity contribution in [2.45, 2.75) is 19.4 Å². The third kappa shape index (κ3) is 6.67. The SMILES string of the molecule is Cl.O=C(O)CCCNCc1ccc(Cl)cc1. The monoisotopic (exact) mass is 263 g/mol. The second-order valence-corrected chi connectivity index (χ2v) is 3.74. The van der Waals surface area contributed by atoms with E-state index in [0.29, 0.717) is 6.42 Å². The fourth-order valence-corrected chi connectivity index (χ4v) is 1.33. The average molecular weight is 264 g/mol. The molecule has 1 aromatic carbocycles. The summed E-state index contributed by atoms with van der Waals surface area (Å²) in [7, 11) is 0. The van der Waals surface area contributed by atoms with Crippen molar-refractivity contribution >= 4 is 30.0 Å². The van der Waals surface area contributed by atoms with E-state index in [4.69, 9.17) is 16.7 Å². The van der Waals surface area contributed by atoms with Crippen LogP contribution >= 0.6 is 24.0 Å². The summed E-state index contributed by atoms with van der Waals surface area (Å²) in [4.78, 5) is 10.2. The van der Waals surface area contributed by atoms with Crippen LogP contribution in [0.4, 0.5) is 0 Å². The summed E-state index contributed by atoms with van der Waals surface area (Å²) < 4.78 is 0. The smallest absolute Gasteiger partial charge is 0.303 e. The molecule has 0 fully saturated rings. The van der Waals surface area contributed by atoms with Crippen LogP contribution in [0.1, 0.15) is 18.4 Å². The predicted molar refractivity (Wildman–Crippen MR) is 67.3 cm³/mol. The molecule has 0 atom stereocenters. The Bertz CT molecular complexity index is 314. The highest BCUT2D eigenvalue weighted by Crippen LogP contribution is 2.08. The van der Waals surface area contributed by atoms with E-state index >= 15 is 0 Å². The molecule has 5 heteroatoms. The number of benzene rings is 1. The molecule has 0 unspecified atom stereocenters. The Morgan fingerprint density at radius 3 is 2.50 bits per heavy atom. The standard InChI is InChI=1S/C11H14ClNO2.ClH/c12-10-5-3-9(4-6-10)8-13-7-1-2-11(14)15;/h3-6,13H,1-2,7-8H2,(H,14,15);1H. The number of halogens is 2. The first-order valence-electron chi connectivity index (χ1n) is 4.85. The van der Waals surface area contributed by atoms with Crippen LogP contribution in [0.2, 0.25) is 5.02 Å². The van der Waals surface area contributed by atoms with Crippen molar-refractivity contribution in [3.63, 3.8) is 0 Å². The predicted octanol–water partition coefficient (Wildman–Crippen LogP) is 2.72. The summed E-state index contributed by atoms with van der Waals surface area (Å²) in [5.74, 6) is -0.747. The first kappa shape index (κ1) is 15.2. The van der Waals surface area contributed by atoms with Crippen LogP contribution in [-0.2, 0) is 11.3 Å². The van der Waals surface area contributed by atoms with Gasteiger partial charge in [-0.2, -0.15) is 0 Å². The maximum atomic E-state index is 10.2. The molecule has 3 nitrogen and oxygen atoms in total. The van der Waals surface area contributed by atoms with Gasteiger partial charge in [0.2, 0.25) is 0 Å². The number of hydrogen-bond donors (Lipinski definition) is 2. The maximum absolute atomic E-state index is 10.2. The number of nitrogens with one attached hydrogen (secondary N) is 1. The molecule has 0 radical (unpaired) electrons. The molecule has 1 aromatic rings. The largest absolute Gasteiger partial charge is 0.481 e. The minimum atomic E-state index is -0.747. The normalized spacial score (nSPS) is 9.56. The molecule has 0 aromatic heterocycles. The van der Waals surface area contributed by atoms with Crippen molar-refractivity contribution in [3.05, 3.63) is 34.9 Å². The van der Waals surface area contributed by atoms with Crippen LogP contribution in [0.15, 0.2) is 24.3 Å². The molecule has 0 saturated carbocycles. The molecule has 0 heterocycles. The molecule has 0 aliphatic heterocycles. The van der Waals surface area contributed by atoms with E-state index in [2.05, 4.69) is 5.32 Å². The van der Waals surface area contributed by atoms with Gasteiger partial charge in [0, 0.05) is 18.0 Å². The minimum absolute atomic E-state index is 0. The lowest BCUT2D eigenvalue weighted by atomic mass is 10.2. The molecule has 0 saturated heterocycles. The van der Waals surface area contributed by atoms with Gasteiger partial charge < -0.3 is 10.4 Å². The summed E-state index contributed by atoms with van der Waals surface area (Å²) in [5, 5.41) is 12.3. The summed E-state index contributed by atoms with van der Waals surface area (Å²) >= 11 is 5.74. The Balaban J connectivity index is 0.00000225. The molecule has 0 bridgehead atoms. The van der Waals surface area contributed by atoms with Gasteiger partial charge in [-0.15, -0.1) is 12.4 Å². The van der Waals surface area contributed by atoms with Crippen molar-refractivity contribution in [1.82, 2.24) is 5.32 Å². The van der Waals surface area contributed by atoms with Crippen molar-refractivity contribution < 1.29 is 9.90 Å². The Labute approximate surface area is 106 Å². The van der Waals surface area contributed by atoms with Gasteiger partial charge in [0.05, 0.1) is 0 Å². The lowest BCUT2D eigenvalue weighted by Gasteiger charge is -2.03. The van der Waals surface area contributed by atoms with E-state index < -0.39 is 5.97 Å². The van der Waals surface area contributed by atoms with Gasteiger partial charge in [-0.1, -0.05) is 23.7 Å². The molecule has 2 N–H and O–H groups in total. The lowest BCUT2D eigenvalue weighted by Crippen LogP contribution is -2.15. The van der Waals surface area contributed by atoms with Gasteiger partial charge in [-0.05, 0) is 30.7 Å². The van der Waals surface area contributed by atoms with E-state index in [0.717, 1.165) is 23.7 Å². The first-order valence-corrected chi connectivity index (χ1v) is 5.23. The second-order valence-electron chi connectivity index (χ2n) is 3.30. The zero-order chi connectivity index (χ0) is 11.1. The highest BCUT2D eigenvalue weighted by molar-refractivity contribution is 6.30. The summed E-state index contributed by atoms with van der Waals surface area (Å²) in [5.41, 5.74) is 1.15. The van der Waals surface area contributed by atoms with E-state index in [1.165, 1.54) is 0 Å². The van der Waals surface area contributed by atoms with Crippen LogP contribution in [0.25, 0.3) is 0 Å². The highest BCUT2D eigenvalue weighted by Gasteiger charge is 1.96. The van der Waals surface area contributed by atoms with E-state index in [9.17, 15) is 4.79 Å². The molecule has 1 rings (SSSR count). The van der Waals surface area contributed by atoms with Gasteiger partial charge in [0.15, 0.2) is 0 Å². The Kier molecular flexibility index (Phi) is 7.99. The summed E-state index contributed by atoms with van der Waals surface area (Å²) in [6, 6.07) is 7.59. The Morgan fingerprint density at radius 1 is 1.31 bits per heavy atom. The molecule has 0 aliphatic carbocycles. The van der Waals surface area contributed by atoms with Crippen LogP contribution in [0.5, 0.6) is 0 Å². The van der Waals surface area contributed by atoms with Gasteiger partial charge in [-0.3, -0.25) is 4.79 Å². The van der Waals surface area contributed by atoms with Crippen molar-refractivity contribution in [2.24, 2.45) is 0 Å². The third-order valence-corrected chi connectivity index (χ3v) is 2.24. The second kappa shape index (κ2) is 8.39. The number of aliphatic carboxylic acids is 1. The van der Waals surface area contributed by atoms with Crippen molar-refractivity contribution in [1.29, 1.82) is 0 Å². The number of hydrogen-bond acceptors (Lipinski definition) is 2. The van der Waals surface area contributed by atoms with Crippen LogP contribution in [-0.4, -0.2) is 17.6 Å². The summed E-state index contributed by atoms with van der Waals surface area (Å²) in [6.07, 6.45) is 0.872. The van der Waals surface area contributed by atoms with Crippen LogP contribution in [0.3, 0.4) is 0 Å². The Morgan fingerprint density at radius 2 is 1.94 bits per heavy atom. The van der Waals surface area contributed by atoms with Crippen molar-refractivity contribution in [2.75, 3.05) is 6.54 Å². The fraction of sp³-hybridized carbons (Fsp3) is 0.364. The Hall–Kier alpha value is -0.770.